The SMILES string of the molecule is Cn1c(NC(=O)C2(C)Sc3ccccc3NC2=O)nc2ccccc21. The summed E-state index contributed by atoms with van der Waals surface area (Å²) in [6, 6.07) is 15.1. The van der Waals surface area contributed by atoms with Crippen molar-refractivity contribution >= 4 is 46.2 Å². The van der Waals surface area contributed by atoms with E-state index in [-0.39, 0.29) is 5.91 Å². The number of carbonyl (C=O) groups excluding carboxylic acids is 2. The number of carbonyl (C=O) groups is 2. The number of nitrogens with zero attached hydrogens (tertiary/aromatic N) is 2. The molecule has 0 bridgehead atoms. The molecular weight excluding hydrogens is 336 g/mol. The first-order valence-electron chi connectivity index (χ1n) is 7.81. The minimum Gasteiger partial charge on any atom is -0.323 e. The average molecular weight is 352 g/mol. The molecule has 2 N–H and O–H groups in total. The monoisotopic (exact) mass is 352 g/mol. The third kappa shape index (κ3) is 2.47. The van der Waals surface area contributed by atoms with Crippen LogP contribution < -0.4 is 10.6 Å². The predicted octanol–water partition coefficient (Wildman–Crippen LogP) is 3.01. The number of fused-ring (bicyclic) bond motifs is 2. The van der Waals surface area contributed by atoms with Crippen LogP contribution in [0.3, 0.4) is 0 Å². The third-order valence-electron chi connectivity index (χ3n) is 4.33. The van der Waals surface area contributed by atoms with Gasteiger partial charge < -0.3 is 9.88 Å². The van der Waals surface area contributed by atoms with Crippen molar-refractivity contribution in [2.75, 3.05) is 10.6 Å². The number of hydrogen-bond acceptors (Lipinski definition) is 4. The number of anilines is 2. The molecule has 7 heteroatoms. The van der Waals surface area contributed by atoms with Crippen molar-refractivity contribution < 1.29 is 9.59 Å². The summed E-state index contributed by atoms with van der Waals surface area (Å²) < 4.78 is 0.530. The van der Waals surface area contributed by atoms with Crippen molar-refractivity contribution in [3.63, 3.8) is 0 Å². The molecule has 0 saturated carbocycles. The molecule has 6 nitrogen and oxygen atoms in total. The van der Waals surface area contributed by atoms with Gasteiger partial charge in [-0.2, -0.15) is 0 Å². The van der Waals surface area contributed by atoms with Crippen molar-refractivity contribution in [3.8, 4) is 0 Å². The van der Waals surface area contributed by atoms with Gasteiger partial charge in [0, 0.05) is 11.9 Å². The molecule has 2 heterocycles. The second-order valence-electron chi connectivity index (χ2n) is 6.02. The van der Waals surface area contributed by atoms with Crippen molar-refractivity contribution in [2.24, 2.45) is 7.05 Å². The van der Waals surface area contributed by atoms with Crippen LogP contribution in [0, 0.1) is 0 Å². The van der Waals surface area contributed by atoms with E-state index < -0.39 is 10.7 Å². The Labute approximate surface area is 148 Å². The molecule has 126 valence electrons. The highest BCUT2D eigenvalue weighted by Gasteiger charge is 2.46. The number of nitrogens with one attached hydrogen (secondary N) is 2. The minimum absolute atomic E-state index is 0.340. The summed E-state index contributed by atoms with van der Waals surface area (Å²) in [5.74, 6) is -0.324. The zero-order valence-corrected chi connectivity index (χ0v) is 14.6. The molecule has 1 unspecified atom stereocenters. The van der Waals surface area contributed by atoms with E-state index in [2.05, 4.69) is 15.6 Å². The van der Waals surface area contributed by atoms with Crippen molar-refractivity contribution in [3.05, 3.63) is 48.5 Å². The normalized spacial score (nSPS) is 19.4. The number of thioether (sulfide) groups is 1. The van der Waals surface area contributed by atoms with Gasteiger partial charge in [-0.15, -0.1) is 0 Å². The van der Waals surface area contributed by atoms with E-state index in [1.54, 1.807) is 11.5 Å². The Morgan fingerprint density at radius 3 is 2.72 bits per heavy atom. The molecular formula is C18H16N4O2S. The Bertz CT molecular complexity index is 1010. The smallest absolute Gasteiger partial charge is 0.252 e. The van der Waals surface area contributed by atoms with E-state index in [9.17, 15) is 9.59 Å². The number of aromatic nitrogens is 2. The number of imidazole rings is 1. The first-order chi connectivity index (χ1) is 12.0. The van der Waals surface area contributed by atoms with Crippen LogP contribution in [0.25, 0.3) is 11.0 Å². The molecule has 0 spiro atoms. The highest BCUT2D eigenvalue weighted by Crippen LogP contribution is 2.42. The Hall–Kier alpha value is -2.80. The van der Waals surface area contributed by atoms with Crippen LogP contribution in [0.5, 0.6) is 0 Å². The molecule has 25 heavy (non-hydrogen) atoms. The zero-order chi connectivity index (χ0) is 17.6. The molecule has 1 aliphatic rings. The molecule has 0 radical (unpaired) electrons. The predicted molar refractivity (Wildman–Crippen MR) is 98.7 cm³/mol. The molecule has 0 saturated heterocycles. The molecule has 1 aliphatic heterocycles. The highest BCUT2D eigenvalue weighted by molar-refractivity contribution is 8.02. The zero-order valence-electron chi connectivity index (χ0n) is 13.7. The Balaban J connectivity index is 1.66. The topological polar surface area (TPSA) is 76.0 Å². The quantitative estimate of drug-likeness (QED) is 0.695. The van der Waals surface area contributed by atoms with E-state index in [0.717, 1.165) is 21.6 Å². The number of aryl methyl sites for hydroxylation is 1. The number of hydrogen-bond donors (Lipinski definition) is 2. The van der Waals surface area contributed by atoms with Crippen LogP contribution in [0.2, 0.25) is 0 Å². The van der Waals surface area contributed by atoms with Crippen LogP contribution in [0.15, 0.2) is 53.4 Å². The molecule has 0 fully saturated rings. The van der Waals surface area contributed by atoms with E-state index in [1.165, 1.54) is 11.8 Å². The van der Waals surface area contributed by atoms with Gasteiger partial charge in [0.05, 0.1) is 16.7 Å². The van der Waals surface area contributed by atoms with Crippen LogP contribution in [-0.2, 0) is 16.6 Å². The van der Waals surface area contributed by atoms with E-state index >= 15 is 0 Å². The summed E-state index contributed by atoms with van der Waals surface area (Å²) in [6.45, 7) is 1.63. The van der Waals surface area contributed by atoms with Gasteiger partial charge in [-0.3, -0.25) is 14.9 Å². The largest absolute Gasteiger partial charge is 0.323 e. The summed E-state index contributed by atoms with van der Waals surface area (Å²) in [6.07, 6.45) is 0. The van der Waals surface area contributed by atoms with E-state index in [1.807, 2.05) is 55.6 Å². The first-order valence-corrected chi connectivity index (χ1v) is 8.63. The van der Waals surface area contributed by atoms with Gasteiger partial charge >= 0.3 is 0 Å². The minimum atomic E-state index is -1.27. The fourth-order valence-electron chi connectivity index (χ4n) is 2.79. The van der Waals surface area contributed by atoms with Crippen molar-refractivity contribution in [1.29, 1.82) is 0 Å². The van der Waals surface area contributed by atoms with Crippen molar-refractivity contribution in [2.45, 2.75) is 16.6 Å². The maximum absolute atomic E-state index is 12.9. The van der Waals surface area contributed by atoms with Gasteiger partial charge in [-0.1, -0.05) is 36.0 Å². The summed E-state index contributed by atoms with van der Waals surface area (Å²) >= 11 is 1.25. The summed E-state index contributed by atoms with van der Waals surface area (Å²) in [7, 11) is 1.83. The lowest BCUT2D eigenvalue weighted by molar-refractivity contribution is -0.126. The first kappa shape index (κ1) is 15.7. The maximum Gasteiger partial charge on any atom is 0.252 e. The number of amides is 2. The molecule has 1 aromatic heterocycles. The standard InChI is InChI=1S/C18H16N4O2S/c1-18(15(23)19-12-8-4-6-10-14(12)25-18)16(24)21-17-20-11-7-3-5-9-13(11)22(17)2/h3-10H,1-2H3,(H,19,23)(H,20,21,24). The number of para-hydroxylation sites is 3. The number of benzene rings is 2. The van der Waals surface area contributed by atoms with E-state index in [4.69, 9.17) is 0 Å². The molecule has 2 aromatic carbocycles. The summed E-state index contributed by atoms with van der Waals surface area (Å²) in [4.78, 5) is 30.7. The van der Waals surface area contributed by atoms with Gasteiger partial charge in [-0.25, -0.2) is 4.98 Å². The third-order valence-corrected chi connectivity index (χ3v) is 5.68. The van der Waals surface area contributed by atoms with Gasteiger partial charge in [0.15, 0.2) is 4.75 Å². The maximum atomic E-state index is 12.9. The lowest BCUT2D eigenvalue weighted by Gasteiger charge is -2.31. The lowest BCUT2D eigenvalue weighted by Crippen LogP contribution is -2.49. The molecule has 3 aromatic rings. The molecule has 4 rings (SSSR count). The number of rotatable bonds is 2. The van der Waals surface area contributed by atoms with Gasteiger partial charge in [0.1, 0.15) is 0 Å². The Kier molecular flexibility index (Phi) is 3.54. The molecule has 2 amide bonds. The highest BCUT2D eigenvalue weighted by atomic mass is 32.2. The molecule has 0 aliphatic carbocycles. The van der Waals surface area contributed by atoms with Crippen LogP contribution in [-0.4, -0.2) is 26.1 Å². The lowest BCUT2D eigenvalue weighted by atomic mass is 10.1. The van der Waals surface area contributed by atoms with Crippen LogP contribution >= 0.6 is 11.8 Å². The van der Waals surface area contributed by atoms with Gasteiger partial charge in [0.25, 0.3) is 5.91 Å². The molecule has 1 atom stereocenters. The van der Waals surface area contributed by atoms with E-state index in [0.29, 0.717) is 5.95 Å². The fourth-order valence-corrected chi connectivity index (χ4v) is 3.90. The van der Waals surface area contributed by atoms with Crippen LogP contribution in [0.4, 0.5) is 11.6 Å². The average Bonchev–Trinajstić information content (AvgIpc) is 2.92. The summed E-state index contributed by atoms with van der Waals surface area (Å²) in [5, 5.41) is 5.61. The van der Waals surface area contributed by atoms with Gasteiger partial charge in [0.2, 0.25) is 11.9 Å². The Morgan fingerprint density at radius 2 is 1.92 bits per heavy atom. The second-order valence-corrected chi connectivity index (χ2v) is 7.48. The van der Waals surface area contributed by atoms with Crippen LogP contribution in [0.1, 0.15) is 6.92 Å². The van der Waals surface area contributed by atoms with Gasteiger partial charge in [-0.05, 0) is 31.2 Å². The summed E-state index contributed by atoms with van der Waals surface area (Å²) in [5.41, 5.74) is 2.43. The Morgan fingerprint density at radius 1 is 1.20 bits per heavy atom. The second kappa shape index (κ2) is 5.63. The van der Waals surface area contributed by atoms with Crippen molar-refractivity contribution in [1.82, 2.24) is 9.55 Å². The fraction of sp³-hybridized carbons (Fsp3) is 0.167.